The van der Waals surface area contributed by atoms with E-state index in [9.17, 15) is 22.8 Å². The van der Waals surface area contributed by atoms with Crippen molar-refractivity contribution < 1.29 is 27.4 Å². The van der Waals surface area contributed by atoms with Crippen molar-refractivity contribution in [2.24, 2.45) is 0 Å². The van der Waals surface area contributed by atoms with Crippen LogP contribution in [0.25, 0.3) is 5.65 Å². The fourth-order valence-electron chi connectivity index (χ4n) is 2.74. The Kier molecular flexibility index (Phi) is 5.87. The molecule has 2 heterocycles. The molecule has 0 spiro atoms. The Hall–Kier alpha value is -4.01. The molecule has 0 aliphatic carbocycles. The van der Waals surface area contributed by atoms with Crippen molar-refractivity contribution >= 4 is 11.6 Å². The molecule has 3 rings (SSSR count). The number of fused-ring (bicyclic) bond motifs is 1. The number of rotatable bonds is 6. The first-order valence-electron chi connectivity index (χ1n) is 8.84. The van der Waals surface area contributed by atoms with Crippen molar-refractivity contribution in [3.63, 3.8) is 0 Å². The molecule has 0 radical (unpaired) electrons. The zero-order valence-electron chi connectivity index (χ0n) is 16.3. The number of aromatic nitrogens is 3. The van der Waals surface area contributed by atoms with Gasteiger partial charge < -0.3 is 14.8 Å². The van der Waals surface area contributed by atoms with Gasteiger partial charge in [0.1, 0.15) is 17.5 Å². The molecule has 0 fully saturated rings. The third kappa shape index (κ3) is 4.77. The van der Waals surface area contributed by atoms with Crippen molar-refractivity contribution in [3.8, 4) is 17.6 Å². The van der Waals surface area contributed by atoms with Crippen molar-refractivity contribution in [1.82, 2.24) is 19.5 Å². The maximum Gasteiger partial charge on any atom is 0.573 e. The predicted molar refractivity (Wildman–Crippen MR) is 101 cm³/mol. The summed E-state index contributed by atoms with van der Waals surface area (Å²) in [4.78, 5) is 24.9. The van der Waals surface area contributed by atoms with E-state index in [2.05, 4.69) is 15.2 Å². The summed E-state index contributed by atoms with van der Waals surface area (Å²) in [6.45, 7) is 1.23. The molecule has 3 aromatic rings. The van der Waals surface area contributed by atoms with Gasteiger partial charge in [0.2, 0.25) is 0 Å². The maximum absolute atomic E-state index is 12.7. The topological polar surface area (TPSA) is 111 Å². The van der Waals surface area contributed by atoms with E-state index in [4.69, 9.17) is 10.00 Å². The number of nitrogens with zero attached hydrogens (tertiary/aromatic N) is 4. The lowest BCUT2D eigenvalue weighted by molar-refractivity contribution is -0.274. The molecular weight excluding hydrogens is 419 g/mol. The third-order valence-corrected chi connectivity index (χ3v) is 4.29. The van der Waals surface area contributed by atoms with Gasteiger partial charge in [-0.05, 0) is 31.2 Å². The molecule has 2 aromatic heterocycles. The van der Waals surface area contributed by atoms with Crippen LogP contribution < -0.4 is 20.5 Å². The summed E-state index contributed by atoms with van der Waals surface area (Å²) in [6.07, 6.45) is -3.68. The molecule has 0 aliphatic rings. The minimum Gasteiger partial charge on any atom is -0.497 e. The first-order valence-corrected chi connectivity index (χ1v) is 8.84. The smallest absolute Gasteiger partial charge is 0.497 e. The number of halogens is 3. The monoisotopic (exact) mass is 435 g/mol. The molecule has 12 heteroatoms. The van der Waals surface area contributed by atoms with Crippen molar-refractivity contribution in [2.45, 2.75) is 25.9 Å². The average molecular weight is 435 g/mol. The van der Waals surface area contributed by atoms with E-state index in [1.807, 2.05) is 6.07 Å². The fraction of sp³-hybridized carbons (Fsp3) is 0.263. The Balaban J connectivity index is 1.83. The van der Waals surface area contributed by atoms with Crippen LogP contribution in [-0.2, 0) is 6.54 Å². The van der Waals surface area contributed by atoms with Crippen LogP contribution in [0.4, 0.5) is 13.2 Å². The number of methoxy groups -OCH3 is 1. The number of alkyl halides is 3. The summed E-state index contributed by atoms with van der Waals surface area (Å²) >= 11 is 0. The van der Waals surface area contributed by atoms with E-state index in [-0.39, 0.29) is 29.1 Å². The standard InChI is InChI=1S/C19H16F3N5O4/c1-11(8-23)27-18(29)26-10-13(4-6-16(26)25-27)17(28)24-9-12-3-5-14(30-2)7-15(12)31-19(20,21)22/h3-7,10-11H,9H2,1-2H3,(H,24,28). The molecular formula is C19H16F3N5O4. The van der Waals surface area contributed by atoms with Gasteiger partial charge in [-0.2, -0.15) is 9.94 Å². The maximum atomic E-state index is 12.7. The van der Waals surface area contributed by atoms with Crippen molar-refractivity contribution in [2.75, 3.05) is 7.11 Å². The number of carbonyl (C=O) groups is 1. The van der Waals surface area contributed by atoms with Crippen molar-refractivity contribution in [1.29, 1.82) is 5.26 Å². The lowest BCUT2D eigenvalue weighted by Crippen LogP contribution is -2.26. The largest absolute Gasteiger partial charge is 0.573 e. The van der Waals surface area contributed by atoms with E-state index >= 15 is 0 Å². The minimum absolute atomic E-state index is 0.0698. The van der Waals surface area contributed by atoms with Gasteiger partial charge >= 0.3 is 12.1 Å². The van der Waals surface area contributed by atoms with Crippen LogP contribution in [0.2, 0.25) is 0 Å². The molecule has 1 N–H and O–H groups in total. The Bertz CT molecular complexity index is 1230. The number of nitriles is 1. The Labute approximate surface area is 173 Å². The molecule has 0 aliphatic heterocycles. The quantitative estimate of drug-likeness (QED) is 0.637. The Morgan fingerprint density at radius 2 is 2.06 bits per heavy atom. The molecule has 31 heavy (non-hydrogen) atoms. The van der Waals surface area contributed by atoms with Gasteiger partial charge in [-0.15, -0.1) is 18.3 Å². The average Bonchev–Trinajstić information content (AvgIpc) is 3.06. The highest BCUT2D eigenvalue weighted by Crippen LogP contribution is 2.30. The summed E-state index contributed by atoms with van der Waals surface area (Å²) in [5.41, 5.74) is -0.222. The van der Waals surface area contributed by atoms with Crippen LogP contribution in [0.5, 0.6) is 11.5 Å². The fourth-order valence-corrected chi connectivity index (χ4v) is 2.74. The third-order valence-electron chi connectivity index (χ3n) is 4.29. The summed E-state index contributed by atoms with van der Waals surface area (Å²) in [6, 6.07) is 7.74. The number of hydrogen-bond donors (Lipinski definition) is 1. The van der Waals surface area contributed by atoms with Gasteiger partial charge in [-0.3, -0.25) is 4.79 Å². The lowest BCUT2D eigenvalue weighted by Gasteiger charge is -2.15. The van der Waals surface area contributed by atoms with Crippen LogP contribution in [0, 0.1) is 11.3 Å². The van der Waals surface area contributed by atoms with E-state index < -0.39 is 29.8 Å². The number of ether oxygens (including phenoxy) is 2. The van der Waals surface area contributed by atoms with Gasteiger partial charge in [-0.1, -0.05) is 0 Å². The minimum atomic E-state index is -4.92. The molecule has 1 amide bonds. The van der Waals surface area contributed by atoms with Gasteiger partial charge in [0.05, 0.1) is 18.7 Å². The van der Waals surface area contributed by atoms with E-state index in [1.165, 1.54) is 44.5 Å². The highest BCUT2D eigenvalue weighted by atomic mass is 19.4. The lowest BCUT2D eigenvalue weighted by atomic mass is 10.1. The number of pyridine rings is 1. The molecule has 0 bridgehead atoms. The zero-order chi connectivity index (χ0) is 22.8. The van der Waals surface area contributed by atoms with Crippen LogP contribution in [-0.4, -0.2) is 33.6 Å². The first kappa shape index (κ1) is 21.7. The second-order valence-corrected chi connectivity index (χ2v) is 6.38. The summed E-state index contributed by atoms with van der Waals surface area (Å²) in [5, 5.41) is 15.5. The number of hydrogen-bond acceptors (Lipinski definition) is 6. The molecule has 1 aromatic carbocycles. The van der Waals surface area contributed by atoms with Gasteiger partial charge in [0.15, 0.2) is 5.65 Å². The summed E-state index contributed by atoms with van der Waals surface area (Å²) in [5.74, 6) is -0.989. The molecule has 9 nitrogen and oxygen atoms in total. The van der Waals surface area contributed by atoms with Gasteiger partial charge in [-0.25, -0.2) is 9.20 Å². The second kappa shape index (κ2) is 8.39. The number of benzene rings is 1. The number of amides is 1. The molecule has 1 atom stereocenters. The zero-order valence-corrected chi connectivity index (χ0v) is 16.3. The summed E-state index contributed by atoms with van der Waals surface area (Å²) in [7, 11) is 1.30. The molecule has 1 unspecified atom stereocenters. The highest BCUT2D eigenvalue weighted by molar-refractivity contribution is 5.94. The van der Waals surface area contributed by atoms with E-state index in [0.29, 0.717) is 0 Å². The van der Waals surface area contributed by atoms with Crippen molar-refractivity contribution in [3.05, 3.63) is 58.1 Å². The molecule has 162 valence electrons. The van der Waals surface area contributed by atoms with E-state index in [0.717, 1.165) is 15.1 Å². The second-order valence-electron chi connectivity index (χ2n) is 6.38. The molecule has 0 saturated heterocycles. The number of nitrogens with one attached hydrogen (secondary N) is 1. The van der Waals surface area contributed by atoms with Crippen LogP contribution in [0.1, 0.15) is 28.9 Å². The normalized spacial score (nSPS) is 12.3. The van der Waals surface area contributed by atoms with E-state index in [1.54, 1.807) is 0 Å². The molecule has 0 saturated carbocycles. The van der Waals surface area contributed by atoms with Crippen LogP contribution in [0.15, 0.2) is 41.3 Å². The highest BCUT2D eigenvalue weighted by Gasteiger charge is 2.32. The van der Waals surface area contributed by atoms with Gasteiger partial charge in [0, 0.05) is 24.4 Å². The Morgan fingerprint density at radius 1 is 1.32 bits per heavy atom. The van der Waals surface area contributed by atoms with Crippen LogP contribution in [0.3, 0.4) is 0 Å². The Morgan fingerprint density at radius 3 is 2.71 bits per heavy atom. The first-order chi connectivity index (χ1) is 14.6. The SMILES string of the molecule is COc1ccc(CNC(=O)c2ccc3nn(C(C)C#N)c(=O)n3c2)c(OC(F)(F)F)c1. The summed E-state index contributed by atoms with van der Waals surface area (Å²) < 4.78 is 49.0. The van der Waals surface area contributed by atoms with Crippen LogP contribution >= 0.6 is 0 Å². The number of carbonyl (C=O) groups excluding carboxylic acids is 1. The van der Waals surface area contributed by atoms with Gasteiger partial charge in [0.25, 0.3) is 5.91 Å². The predicted octanol–water partition coefficient (Wildman–Crippen LogP) is 2.42.